The number of amides is 1. The third kappa shape index (κ3) is 3.62. The Balaban J connectivity index is 1.43. The molecule has 0 aliphatic heterocycles. The van der Waals surface area contributed by atoms with Crippen LogP contribution in [0.25, 0.3) is 15.5 Å². The van der Waals surface area contributed by atoms with Crippen molar-refractivity contribution >= 4 is 45.2 Å². The summed E-state index contributed by atoms with van der Waals surface area (Å²) in [4.78, 5) is 13.1. The van der Waals surface area contributed by atoms with Gasteiger partial charge in [-0.05, 0) is 62.0 Å². The van der Waals surface area contributed by atoms with Crippen LogP contribution in [0, 0.1) is 13.8 Å². The van der Waals surface area contributed by atoms with Gasteiger partial charge in [0, 0.05) is 16.8 Å². The van der Waals surface area contributed by atoms with Crippen LogP contribution >= 0.6 is 23.6 Å². The zero-order valence-electron chi connectivity index (χ0n) is 15.1. The van der Waals surface area contributed by atoms with Crippen molar-refractivity contribution in [2.24, 2.45) is 0 Å². The zero-order chi connectivity index (χ0) is 19.7. The van der Waals surface area contributed by atoms with Gasteiger partial charge in [-0.1, -0.05) is 29.5 Å². The molecule has 0 bridgehead atoms. The average Bonchev–Trinajstić information content (AvgIpc) is 3.25. The largest absolute Gasteiger partial charge is 0.332 e. The van der Waals surface area contributed by atoms with Crippen LogP contribution in [-0.2, 0) is 0 Å². The van der Waals surface area contributed by atoms with Gasteiger partial charge in [0.05, 0.1) is 0 Å². The van der Waals surface area contributed by atoms with Crippen LogP contribution in [0.3, 0.4) is 0 Å². The Bertz CT molecular complexity index is 1180. The van der Waals surface area contributed by atoms with E-state index >= 15 is 0 Å². The van der Waals surface area contributed by atoms with Crippen molar-refractivity contribution in [3.8, 4) is 10.6 Å². The lowest BCUT2D eigenvalue weighted by Gasteiger charge is -2.11. The van der Waals surface area contributed by atoms with Crippen LogP contribution in [0.2, 0.25) is 0 Å². The average molecular weight is 409 g/mol. The van der Waals surface area contributed by atoms with Gasteiger partial charge in [0.1, 0.15) is 5.01 Å². The van der Waals surface area contributed by atoms with Gasteiger partial charge >= 0.3 is 0 Å². The molecule has 0 spiro atoms. The summed E-state index contributed by atoms with van der Waals surface area (Å²) in [6.07, 6.45) is 0. The first-order valence-corrected chi connectivity index (χ1v) is 9.71. The Labute approximate surface area is 170 Å². The van der Waals surface area contributed by atoms with Crippen LogP contribution in [0.15, 0.2) is 48.5 Å². The normalized spacial score (nSPS) is 10.8. The fourth-order valence-corrected chi connectivity index (χ4v) is 3.79. The van der Waals surface area contributed by atoms with E-state index in [0.717, 1.165) is 32.6 Å². The van der Waals surface area contributed by atoms with E-state index in [0.29, 0.717) is 5.56 Å². The molecule has 28 heavy (non-hydrogen) atoms. The van der Waals surface area contributed by atoms with Crippen LogP contribution in [0.4, 0.5) is 5.69 Å². The second kappa shape index (κ2) is 7.45. The van der Waals surface area contributed by atoms with E-state index in [2.05, 4.69) is 25.9 Å². The van der Waals surface area contributed by atoms with Crippen molar-refractivity contribution in [2.75, 3.05) is 5.32 Å². The van der Waals surface area contributed by atoms with Gasteiger partial charge in [0.2, 0.25) is 4.96 Å². The number of nitrogens with zero attached hydrogens (tertiary/aromatic N) is 4. The summed E-state index contributed by atoms with van der Waals surface area (Å²) in [6, 6.07) is 15.0. The van der Waals surface area contributed by atoms with Crippen LogP contribution < -0.4 is 10.6 Å². The number of rotatable bonds is 3. The predicted octanol–water partition coefficient (Wildman–Crippen LogP) is 3.60. The minimum absolute atomic E-state index is 0.234. The molecule has 0 fully saturated rings. The van der Waals surface area contributed by atoms with Gasteiger partial charge in [-0.15, -0.1) is 10.2 Å². The predicted molar refractivity (Wildman–Crippen MR) is 114 cm³/mol. The molecule has 2 aromatic heterocycles. The van der Waals surface area contributed by atoms with Gasteiger partial charge in [-0.25, -0.2) is 0 Å². The van der Waals surface area contributed by atoms with Gasteiger partial charge < -0.3 is 5.32 Å². The SMILES string of the molecule is Cc1ccccc1C(=O)NC(=S)Nc1ccc(-c2nn3c(C)nnc3s2)cc1. The second-order valence-electron chi connectivity index (χ2n) is 6.15. The van der Waals surface area contributed by atoms with E-state index in [-0.39, 0.29) is 11.0 Å². The van der Waals surface area contributed by atoms with Crippen LogP contribution in [-0.4, -0.2) is 30.8 Å². The highest BCUT2D eigenvalue weighted by atomic mass is 32.1. The lowest BCUT2D eigenvalue weighted by molar-refractivity contribution is 0.0977. The highest BCUT2D eigenvalue weighted by Gasteiger charge is 2.12. The summed E-state index contributed by atoms with van der Waals surface area (Å²) >= 11 is 6.73. The molecule has 2 aromatic carbocycles. The maximum Gasteiger partial charge on any atom is 0.257 e. The Morgan fingerprint density at radius 2 is 1.82 bits per heavy atom. The summed E-state index contributed by atoms with van der Waals surface area (Å²) in [5.74, 6) is 0.521. The lowest BCUT2D eigenvalue weighted by Crippen LogP contribution is -2.34. The fourth-order valence-electron chi connectivity index (χ4n) is 2.69. The molecule has 0 aliphatic carbocycles. The van der Waals surface area contributed by atoms with E-state index in [1.165, 1.54) is 11.3 Å². The summed E-state index contributed by atoms with van der Waals surface area (Å²) < 4.78 is 1.72. The number of hydrogen-bond acceptors (Lipinski definition) is 6. The van der Waals surface area contributed by atoms with Crippen molar-refractivity contribution in [2.45, 2.75) is 13.8 Å². The first-order chi connectivity index (χ1) is 13.5. The Morgan fingerprint density at radius 3 is 2.54 bits per heavy atom. The first-order valence-electron chi connectivity index (χ1n) is 8.48. The smallest absolute Gasteiger partial charge is 0.257 e. The molecule has 7 nitrogen and oxygen atoms in total. The first kappa shape index (κ1) is 18.2. The van der Waals surface area contributed by atoms with Crippen molar-refractivity contribution in [3.05, 3.63) is 65.5 Å². The Hall–Kier alpha value is -3.17. The molecular weight excluding hydrogens is 392 g/mol. The number of fused-ring (bicyclic) bond motifs is 1. The lowest BCUT2D eigenvalue weighted by atomic mass is 10.1. The molecule has 1 amide bonds. The molecule has 4 aromatic rings. The fraction of sp³-hybridized carbons (Fsp3) is 0.105. The summed E-state index contributed by atoms with van der Waals surface area (Å²) in [6.45, 7) is 3.75. The van der Waals surface area contributed by atoms with E-state index in [9.17, 15) is 4.79 Å². The molecule has 0 atom stereocenters. The Morgan fingerprint density at radius 1 is 1.07 bits per heavy atom. The molecule has 0 saturated heterocycles. The molecule has 0 radical (unpaired) electrons. The minimum atomic E-state index is -0.234. The number of aryl methyl sites for hydroxylation is 2. The van der Waals surface area contributed by atoms with Gasteiger partial charge in [-0.2, -0.15) is 9.61 Å². The molecular formula is C19H16N6OS2. The summed E-state index contributed by atoms with van der Waals surface area (Å²) in [7, 11) is 0. The maximum absolute atomic E-state index is 12.3. The van der Waals surface area contributed by atoms with Crippen LogP contribution in [0.1, 0.15) is 21.7 Å². The minimum Gasteiger partial charge on any atom is -0.332 e. The molecule has 0 saturated carbocycles. The summed E-state index contributed by atoms with van der Waals surface area (Å²) in [5, 5.41) is 19.4. The van der Waals surface area contributed by atoms with Gasteiger partial charge in [-0.3, -0.25) is 10.1 Å². The highest BCUT2D eigenvalue weighted by Crippen LogP contribution is 2.26. The Kier molecular flexibility index (Phi) is 4.84. The van der Waals surface area contributed by atoms with Gasteiger partial charge in [0.15, 0.2) is 10.9 Å². The van der Waals surface area contributed by atoms with E-state index in [4.69, 9.17) is 12.2 Å². The number of hydrogen-bond donors (Lipinski definition) is 2. The highest BCUT2D eigenvalue weighted by molar-refractivity contribution is 7.80. The molecule has 4 rings (SSSR count). The molecule has 0 unspecified atom stereocenters. The third-order valence-corrected chi connectivity index (χ3v) is 5.31. The number of aromatic nitrogens is 4. The molecule has 0 aliphatic rings. The van der Waals surface area contributed by atoms with E-state index in [1.807, 2.05) is 56.3 Å². The van der Waals surface area contributed by atoms with E-state index < -0.39 is 0 Å². The third-order valence-electron chi connectivity index (χ3n) is 4.15. The number of thiocarbonyl (C=S) groups is 1. The van der Waals surface area contributed by atoms with Crippen molar-refractivity contribution in [1.29, 1.82) is 0 Å². The molecule has 140 valence electrons. The number of benzene rings is 2. The standard InChI is InChI=1S/C19H16N6OS2/c1-11-5-3-4-6-15(11)16(26)21-18(27)20-14-9-7-13(8-10-14)17-24-25-12(2)22-23-19(25)28-17/h3-10H,1-2H3,(H2,20,21,26,27). The molecule has 2 N–H and O–H groups in total. The quantitative estimate of drug-likeness (QED) is 0.504. The number of carbonyl (C=O) groups is 1. The van der Waals surface area contributed by atoms with Crippen molar-refractivity contribution < 1.29 is 4.79 Å². The summed E-state index contributed by atoms with van der Waals surface area (Å²) in [5.41, 5.74) is 3.24. The topological polar surface area (TPSA) is 84.2 Å². The monoisotopic (exact) mass is 408 g/mol. The maximum atomic E-state index is 12.3. The number of anilines is 1. The molecule has 9 heteroatoms. The zero-order valence-corrected chi connectivity index (χ0v) is 16.8. The molecule has 2 heterocycles. The number of nitrogens with one attached hydrogen (secondary N) is 2. The van der Waals surface area contributed by atoms with Crippen LogP contribution in [0.5, 0.6) is 0 Å². The van der Waals surface area contributed by atoms with Gasteiger partial charge in [0.25, 0.3) is 5.91 Å². The van der Waals surface area contributed by atoms with Crippen molar-refractivity contribution in [1.82, 2.24) is 25.1 Å². The van der Waals surface area contributed by atoms with Crippen molar-refractivity contribution in [3.63, 3.8) is 0 Å². The number of carbonyl (C=O) groups excluding carboxylic acids is 1. The van der Waals surface area contributed by atoms with E-state index in [1.54, 1.807) is 10.6 Å². The second-order valence-corrected chi connectivity index (χ2v) is 7.51.